The van der Waals surface area contributed by atoms with Crippen molar-refractivity contribution in [1.29, 1.82) is 0 Å². The summed E-state index contributed by atoms with van der Waals surface area (Å²) in [4.78, 5) is 12.7. The SMILES string of the molecule is CC1CCC(CN)(C(=O)NC(C)C2CCCCC2)CC1. The van der Waals surface area contributed by atoms with Crippen molar-refractivity contribution < 1.29 is 4.79 Å². The molecular formula is C17H32N2O. The minimum atomic E-state index is -0.282. The fourth-order valence-corrected chi connectivity index (χ4v) is 3.95. The Bertz CT molecular complexity index is 315. The number of carbonyl (C=O) groups excluding carboxylic acids is 1. The van der Waals surface area contributed by atoms with E-state index in [1.807, 2.05) is 0 Å². The molecule has 0 radical (unpaired) electrons. The summed E-state index contributed by atoms with van der Waals surface area (Å²) in [5.74, 6) is 1.65. The average molecular weight is 280 g/mol. The third kappa shape index (κ3) is 3.55. The van der Waals surface area contributed by atoms with Gasteiger partial charge in [0, 0.05) is 12.6 Å². The fourth-order valence-electron chi connectivity index (χ4n) is 3.95. The number of amides is 1. The molecule has 0 aromatic rings. The summed E-state index contributed by atoms with van der Waals surface area (Å²) >= 11 is 0. The molecule has 0 aromatic carbocycles. The second kappa shape index (κ2) is 6.93. The van der Waals surface area contributed by atoms with Gasteiger partial charge in [-0.3, -0.25) is 4.79 Å². The zero-order valence-electron chi connectivity index (χ0n) is 13.3. The largest absolute Gasteiger partial charge is 0.353 e. The van der Waals surface area contributed by atoms with Crippen LogP contribution in [-0.4, -0.2) is 18.5 Å². The van der Waals surface area contributed by atoms with Crippen molar-refractivity contribution in [3.05, 3.63) is 0 Å². The zero-order chi connectivity index (χ0) is 14.6. The lowest BCUT2D eigenvalue weighted by Gasteiger charge is -2.39. The molecule has 20 heavy (non-hydrogen) atoms. The Hall–Kier alpha value is -0.570. The molecule has 2 aliphatic carbocycles. The van der Waals surface area contributed by atoms with Gasteiger partial charge in [-0.25, -0.2) is 0 Å². The van der Waals surface area contributed by atoms with Crippen molar-refractivity contribution in [3.63, 3.8) is 0 Å². The van der Waals surface area contributed by atoms with E-state index in [-0.39, 0.29) is 11.3 Å². The van der Waals surface area contributed by atoms with Crippen LogP contribution in [0.25, 0.3) is 0 Å². The molecule has 3 nitrogen and oxygen atoms in total. The van der Waals surface area contributed by atoms with Gasteiger partial charge in [-0.15, -0.1) is 0 Å². The second-order valence-electron chi connectivity index (χ2n) is 7.33. The van der Waals surface area contributed by atoms with Gasteiger partial charge in [0.2, 0.25) is 5.91 Å². The lowest BCUT2D eigenvalue weighted by Crippen LogP contribution is -2.51. The third-order valence-corrected chi connectivity index (χ3v) is 5.82. The van der Waals surface area contributed by atoms with Crippen molar-refractivity contribution in [3.8, 4) is 0 Å². The highest BCUT2D eigenvalue weighted by Crippen LogP contribution is 2.38. The molecule has 0 saturated heterocycles. The van der Waals surface area contributed by atoms with Gasteiger partial charge in [0.25, 0.3) is 0 Å². The van der Waals surface area contributed by atoms with Gasteiger partial charge in [0.1, 0.15) is 0 Å². The van der Waals surface area contributed by atoms with Crippen LogP contribution in [0.3, 0.4) is 0 Å². The van der Waals surface area contributed by atoms with Crippen molar-refractivity contribution in [2.45, 2.75) is 77.7 Å². The van der Waals surface area contributed by atoms with E-state index in [9.17, 15) is 4.79 Å². The average Bonchev–Trinajstić information content (AvgIpc) is 2.49. The van der Waals surface area contributed by atoms with E-state index in [1.165, 1.54) is 32.1 Å². The van der Waals surface area contributed by atoms with Gasteiger partial charge in [-0.2, -0.15) is 0 Å². The first kappa shape index (κ1) is 15.8. The number of nitrogens with one attached hydrogen (secondary N) is 1. The Morgan fingerprint density at radius 2 is 1.80 bits per heavy atom. The standard InChI is InChI=1S/C17H32N2O/c1-13-8-10-17(12-18,11-9-13)16(20)19-14(2)15-6-4-3-5-7-15/h13-15H,3-12,18H2,1-2H3,(H,19,20). The Labute approximate surface area is 124 Å². The van der Waals surface area contributed by atoms with E-state index >= 15 is 0 Å². The molecule has 0 aromatic heterocycles. The summed E-state index contributed by atoms with van der Waals surface area (Å²) in [5, 5.41) is 3.31. The van der Waals surface area contributed by atoms with Crippen molar-refractivity contribution in [2.75, 3.05) is 6.54 Å². The quantitative estimate of drug-likeness (QED) is 0.830. The highest BCUT2D eigenvalue weighted by Gasteiger charge is 2.40. The van der Waals surface area contributed by atoms with Crippen LogP contribution in [0.2, 0.25) is 0 Å². The normalized spacial score (nSPS) is 33.6. The highest BCUT2D eigenvalue weighted by atomic mass is 16.2. The Morgan fingerprint density at radius 3 is 2.35 bits per heavy atom. The molecule has 2 fully saturated rings. The maximum Gasteiger partial charge on any atom is 0.227 e. The van der Waals surface area contributed by atoms with Crippen molar-refractivity contribution in [1.82, 2.24) is 5.32 Å². The summed E-state index contributed by atoms with van der Waals surface area (Å²) in [6, 6.07) is 0.311. The molecule has 0 spiro atoms. The van der Waals surface area contributed by atoms with Gasteiger partial charge >= 0.3 is 0 Å². The third-order valence-electron chi connectivity index (χ3n) is 5.82. The summed E-state index contributed by atoms with van der Waals surface area (Å²) in [6.45, 7) is 4.97. The first-order valence-corrected chi connectivity index (χ1v) is 8.58. The number of hydrogen-bond donors (Lipinski definition) is 2. The predicted molar refractivity (Wildman–Crippen MR) is 83.3 cm³/mol. The van der Waals surface area contributed by atoms with Crippen molar-refractivity contribution in [2.24, 2.45) is 23.0 Å². The van der Waals surface area contributed by atoms with Crippen LogP contribution >= 0.6 is 0 Å². The predicted octanol–water partition coefficient (Wildman–Crippen LogP) is 3.23. The van der Waals surface area contributed by atoms with E-state index in [0.717, 1.165) is 31.6 Å². The summed E-state index contributed by atoms with van der Waals surface area (Å²) in [5.41, 5.74) is 5.70. The molecule has 0 bridgehead atoms. The van der Waals surface area contributed by atoms with Crippen LogP contribution in [0.5, 0.6) is 0 Å². The van der Waals surface area contributed by atoms with E-state index in [4.69, 9.17) is 5.73 Å². The van der Waals surface area contributed by atoms with Gasteiger partial charge < -0.3 is 11.1 Å². The number of carbonyl (C=O) groups is 1. The molecule has 2 rings (SSSR count). The van der Waals surface area contributed by atoms with E-state index < -0.39 is 0 Å². The molecule has 2 saturated carbocycles. The minimum absolute atomic E-state index is 0.227. The number of hydrogen-bond acceptors (Lipinski definition) is 2. The lowest BCUT2D eigenvalue weighted by atomic mass is 9.70. The van der Waals surface area contributed by atoms with E-state index in [1.54, 1.807) is 0 Å². The van der Waals surface area contributed by atoms with Gasteiger partial charge in [-0.05, 0) is 57.3 Å². The molecular weight excluding hydrogens is 248 g/mol. The van der Waals surface area contributed by atoms with Gasteiger partial charge in [-0.1, -0.05) is 26.2 Å². The smallest absolute Gasteiger partial charge is 0.227 e. The Morgan fingerprint density at radius 1 is 1.20 bits per heavy atom. The topological polar surface area (TPSA) is 55.1 Å². The summed E-state index contributed by atoms with van der Waals surface area (Å²) < 4.78 is 0. The highest BCUT2D eigenvalue weighted by molar-refractivity contribution is 5.83. The molecule has 1 amide bonds. The molecule has 1 unspecified atom stereocenters. The second-order valence-corrected chi connectivity index (χ2v) is 7.33. The first-order chi connectivity index (χ1) is 9.57. The molecule has 3 N–H and O–H groups in total. The zero-order valence-corrected chi connectivity index (χ0v) is 13.3. The maximum absolute atomic E-state index is 12.7. The number of nitrogens with two attached hydrogens (primary N) is 1. The van der Waals surface area contributed by atoms with Crippen LogP contribution in [0.1, 0.15) is 71.6 Å². The molecule has 1 atom stereocenters. The van der Waals surface area contributed by atoms with Crippen LogP contribution in [0.4, 0.5) is 0 Å². The molecule has 2 aliphatic rings. The van der Waals surface area contributed by atoms with Crippen LogP contribution in [0.15, 0.2) is 0 Å². The molecule has 3 heteroatoms. The number of rotatable bonds is 4. The summed E-state index contributed by atoms with van der Waals surface area (Å²) in [7, 11) is 0. The van der Waals surface area contributed by atoms with Crippen LogP contribution in [0, 0.1) is 17.3 Å². The molecule has 0 heterocycles. The minimum Gasteiger partial charge on any atom is -0.353 e. The van der Waals surface area contributed by atoms with Gasteiger partial charge in [0.15, 0.2) is 0 Å². The monoisotopic (exact) mass is 280 g/mol. The lowest BCUT2D eigenvalue weighted by molar-refractivity contribution is -0.134. The van der Waals surface area contributed by atoms with E-state index in [0.29, 0.717) is 18.5 Å². The van der Waals surface area contributed by atoms with Crippen LogP contribution in [-0.2, 0) is 4.79 Å². The Kier molecular flexibility index (Phi) is 5.48. The summed E-state index contributed by atoms with van der Waals surface area (Å²) in [6.07, 6.45) is 10.8. The van der Waals surface area contributed by atoms with E-state index in [2.05, 4.69) is 19.2 Å². The molecule has 116 valence electrons. The maximum atomic E-state index is 12.7. The van der Waals surface area contributed by atoms with Crippen molar-refractivity contribution >= 4 is 5.91 Å². The Balaban J connectivity index is 1.91. The van der Waals surface area contributed by atoms with Crippen LogP contribution < -0.4 is 11.1 Å². The van der Waals surface area contributed by atoms with Gasteiger partial charge in [0.05, 0.1) is 5.41 Å². The first-order valence-electron chi connectivity index (χ1n) is 8.58. The molecule has 0 aliphatic heterocycles. The fraction of sp³-hybridized carbons (Fsp3) is 0.941.